The van der Waals surface area contributed by atoms with Crippen molar-refractivity contribution in [2.75, 3.05) is 0 Å². The van der Waals surface area contributed by atoms with Gasteiger partial charge in [-0.05, 0) is 57.2 Å². The summed E-state index contributed by atoms with van der Waals surface area (Å²) in [7, 11) is 0. The van der Waals surface area contributed by atoms with E-state index in [-0.39, 0.29) is 11.7 Å². The minimum Gasteiger partial charge on any atom is -0.345 e. The van der Waals surface area contributed by atoms with Crippen LogP contribution in [0.2, 0.25) is 5.02 Å². The first-order valence-corrected chi connectivity index (χ1v) is 9.90. The molecule has 0 aliphatic carbocycles. The Morgan fingerprint density at radius 1 is 0.933 bits per heavy atom. The van der Waals surface area contributed by atoms with Crippen LogP contribution in [0, 0.1) is 20.8 Å². The van der Waals surface area contributed by atoms with Gasteiger partial charge in [-0.3, -0.25) is 4.79 Å². The van der Waals surface area contributed by atoms with E-state index in [0.29, 0.717) is 17.4 Å². The van der Waals surface area contributed by atoms with Crippen molar-refractivity contribution >= 4 is 17.5 Å². The molecule has 0 saturated carbocycles. The number of carbonyl (C=O) groups is 1. The largest absolute Gasteiger partial charge is 0.345 e. The van der Waals surface area contributed by atoms with Gasteiger partial charge in [-0.15, -0.1) is 5.10 Å². The highest BCUT2D eigenvalue weighted by atomic mass is 35.5. The van der Waals surface area contributed by atoms with Crippen molar-refractivity contribution in [2.24, 2.45) is 0 Å². The van der Waals surface area contributed by atoms with E-state index < -0.39 is 0 Å². The third-order valence-electron chi connectivity index (χ3n) is 4.91. The molecule has 0 bridgehead atoms. The number of halogens is 1. The molecule has 1 N–H and O–H groups in total. The lowest BCUT2D eigenvalue weighted by molar-refractivity contribution is 0.0940. The standard InChI is InChI=1S/C22H21ClN6O/c1-14-20(15(2)28(26-14)18-7-5-4-6-8-18)13-24-22(30)21-25-16(3)29(27-21)19-11-9-17(23)10-12-19/h4-12H,13H2,1-3H3,(H,24,30). The van der Waals surface area contributed by atoms with Crippen molar-refractivity contribution in [3.8, 4) is 11.4 Å². The van der Waals surface area contributed by atoms with Gasteiger partial charge < -0.3 is 5.32 Å². The van der Waals surface area contributed by atoms with Crippen LogP contribution in [0.1, 0.15) is 33.4 Å². The van der Waals surface area contributed by atoms with Gasteiger partial charge in [0.05, 0.1) is 17.1 Å². The first kappa shape index (κ1) is 19.8. The van der Waals surface area contributed by atoms with Gasteiger partial charge in [-0.1, -0.05) is 29.8 Å². The van der Waals surface area contributed by atoms with Crippen molar-refractivity contribution in [1.29, 1.82) is 0 Å². The molecule has 0 fully saturated rings. The number of hydrogen-bond donors (Lipinski definition) is 1. The Morgan fingerprint density at radius 2 is 1.60 bits per heavy atom. The van der Waals surface area contributed by atoms with E-state index in [9.17, 15) is 4.79 Å². The fraction of sp³-hybridized carbons (Fsp3) is 0.182. The summed E-state index contributed by atoms with van der Waals surface area (Å²) in [6, 6.07) is 17.1. The quantitative estimate of drug-likeness (QED) is 0.530. The van der Waals surface area contributed by atoms with E-state index in [1.165, 1.54) is 0 Å². The number of carbonyl (C=O) groups excluding carboxylic acids is 1. The van der Waals surface area contributed by atoms with Crippen LogP contribution in [-0.4, -0.2) is 30.5 Å². The molecule has 4 rings (SSSR count). The summed E-state index contributed by atoms with van der Waals surface area (Å²) in [6.45, 7) is 6.08. The average molecular weight is 421 g/mol. The molecule has 0 atom stereocenters. The number of rotatable bonds is 5. The third-order valence-corrected chi connectivity index (χ3v) is 5.16. The maximum Gasteiger partial charge on any atom is 0.291 e. The topological polar surface area (TPSA) is 77.6 Å². The van der Waals surface area contributed by atoms with Crippen LogP contribution in [0.25, 0.3) is 11.4 Å². The minimum absolute atomic E-state index is 0.119. The molecule has 0 unspecified atom stereocenters. The highest BCUT2D eigenvalue weighted by Gasteiger charge is 2.18. The summed E-state index contributed by atoms with van der Waals surface area (Å²) in [5, 5.41) is 12.5. The zero-order valence-electron chi connectivity index (χ0n) is 16.9. The van der Waals surface area contributed by atoms with Crippen molar-refractivity contribution in [3.05, 3.63) is 88.2 Å². The summed E-state index contributed by atoms with van der Waals surface area (Å²) < 4.78 is 3.50. The molecule has 4 aromatic rings. The fourth-order valence-electron chi connectivity index (χ4n) is 3.31. The van der Waals surface area contributed by atoms with Crippen LogP contribution in [0.15, 0.2) is 54.6 Å². The highest BCUT2D eigenvalue weighted by molar-refractivity contribution is 6.30. The lowest BCUT2D eigenvalue weighted by Crippen LogP contribution is -2.24. The first-order chi connectivity index (χ1) is 14.4. The second-order valence-corrected chi connectivity index (χ2v) is 7.39. The van der Waals surface area contributed by atoms with Crippen LogP contribution in [-0.2, 0) is 6.54 Å². The monoisotopic (exact) mass is 420 g/mol. The Kier molecular flexibility index (Phi) is 5.37. The third kappa shape index (κ3) is 3.84. The molecule has 2 aromatic carbocycles. The van der Waals surface area contributed by atoms with Crippen LogP contribution < -0.4 is 5.32 Å². The minimum atomic E-state index is -0.336. The number of hydrogen-bond acceptors (Lipinski definition) is 4. The summed E-state index contributed by atoms with van der Waals surface area (Å²) in [4.78, 5) is 17.0. The van der Waals surface area contributed by atoms with Gasteiger partial charge in [0.2, 0.25) is 5.82 Å². The molecule has 0 saturated heterocycles. The molecule has 0 aliphatic rings. The zero-order valence-corrected chi connectivity index (χ0v) is 17.7. The van der Waals surface area contributed by atoms with Crippen LogP contribution in [0.5, 0.6) is 0 Å². The van der Waals surface area contributed by atoms with Crippen LogP contribution >= 0.6 is 11.6 Å². The Bertz CT molecular complexity index is 1190. The first-order valence-electron chi connectivity index (χ1n) is 9.52. The zero-order chi connectivity index (χ0) is 21.3. The van der Waals surface area contributed by atoms with Gasteiger partial charge in [-0.2, -0.15) is 5.10 Å². The van der Waals surface area contributed by atoms with E-state index in [0.717, 1.165) is 28.3 Å². The number of aryl methyl sites for hydroxylation is 2. The van der Waals surface area contributed by atoms with Crippen molar-refractivity contribution < 1.29 is 4.79 Å². The number of benzene rings is 2. The molecule has 8 heteroatoms. The van der Waals surface area contributed by atoms with E-state index in [2.05, 4.69) is 20.5 Å². The molecule has 0 radical (unpaired) electrons. The van der Waals surface area contributed by atoms with E-state index >= 15 is 0 Å². The van der Waals surface area contributed by atoms with Gasteiger partial charge in [0.15, 0.2) is 0 Å². The SMILES string of the molecule is Cc1nn(-c2ccccc2)c(C)c1CNC(=O)c1nc(C)n(-c2ccc(Cl)cc2)n1. The fourth-order valence-corrected chi connectivity index (χ4v) is 3.44. The predicted molar refractivity (Wildman–Crippen MR) is 115 cm³/mol. The molecule has 30 heavy (non-hydrogen) atoms. The summed E-state index contributed by atoms with van der Waals surface area (Å²) in [6.07, 6.45) is 0. The molecule has 2 aromatic heterocycles. The Morgan fingerprint density at radius 3 is 2.30 bits per heavy atom. The molecule has 1 amide bonds. The number of aromatic nitrogens is 5. The summed E-state index contributed by atoms with van der Waals surface area (Å²) in [5.41, 5.74) is 4.59. The number of para-hydroxylation sites is 1. The molecule has 152 valence electrons. The molecular weight excluding hydrogens is 400 g/mol. The van der Waals surface area contributed by atoms with Crippen molar-refractivity contribution in [2.45, 2.75) is 27.3 Å². The van der Waals surface area contributed by atoms with Gasteiger partial charge in [-0.25, -0.2) is 14.3 Å². The second-order valence-electron chi connectivity index (χ2n) is 6.95. The van der Waals surface area contributed by atoms with Crippen LogP contribution in [0.4, 0.5) is 0 Å². The van der Waals surface area contributed by atoms with Crippen LogP contribution in [0.3, 0.4) is 0 Å². The number of amides is 1. The van der Waals surface area contributed by atoms with Crippen molar-refractivity contribution in [1.82, 2.24) is 29.9 Å². The summed E-state index contributed by atoms with van der Waals surface area (Å²) >= 11 is 5.94. The van der Waals surface area contributed by atoms with E-state index in [1.54, 1.807) is 23.7 Å². The predicted octanol–water partition coefficient (Wildman–Crippen LogP) is 3.96. The molecule has 2 heterocycles. The second kappa shape index (κ2) is 8.12. The van der Waals surface area contributed by atoms with Gasteiger partial charge in [0.1, 0.15) is 5.82 Å². The molecular formula is C22H21ClN6O. The van der Waals surface area contributed by atoms with Gasteiger partial charge in [0, 0.05) is 22.8 Å². The normalized spacial score (nSPS) is 10.9. The average Bonchev–Trinajstić information content (AvgIpc) is 3.27. The Hall–Kier alpha value is -3.45. The van der Waals surface area contributed by atoms with Gasteiger partial charge in [0.25, 0.3) is 5.91 Å². The molecule has 7 nitrogen and oxygen atoms in total. The van der Waals surface area contributed by atoms with Gasteiger partial charge >= 0.3 is 0 Å². The van der Waals surface area contributed by atoms with E-state index in [1.807, 2.05) is 61.0 Å². The van der Waals surface area contributed by atoms with Crippen molar-refractivity contribution in [3.63, 3.8) is 0 Å². The molecule has 0 spiro atoms. The van der Waals surface area contributed by atoms with E-state index in [4.69, 9.17) is 11.6 Å². The molecule has 0 aliphatic heterocycles. The smallest absolute Gasteiger partial charge is 0.291 e. The maximum absolute atomic E-state index is 12.7. The highest BCUT2D eigenvalue weighted by Crippen LogP contribution is 2.18. The lowest BCUT2D eigenvalue weighted by atomic mass is 10.2. The number of nitrogens with zero attached hydrogens (tertiary/aromatic N) is 5. The lowest BCUT2D eigenvalue weighted by Gasteiger charge is -2.06. The number of nitrogens with one attached hydrogen (secondary N) is 1. The Balaban J connectivity index is 1.51. The maximum atomic E-state index is 12.7. The summed E-state index contributed by atoms with van der Waals surface area (Å²) in [5.74, 6) is 0.400. The Labute approximate surface area is 179 Å².